The highest BCUT2D eigenvalue weighted by Crippen LogP contribution is 2.53. The first-order valence-electron chi connectivity index (χ1n) is 7.15. The first-order valence-corrected chi connectivity index (χ1v) is 7.15. The molecule has 1 saturated carbocycles. The van der Waals surface area contributed by atoms with Crippen LogP contribution in [-0.2, 0) is 0 Å². The Kier molecular flexibility index (Phi) is 3.49. The molecule has 20 heavy (non-hydrogen) atoms. The molecule has 3 rings (SSSR count). The van der Waals surface area contributed by atoms with E-state index < -0.39 is 0 Å². The summed E-state index contributed by atoms with van der Waals surface area (Å²) in [6.07, 6.45) is 1.19. The SMILES string of the molecule is COc1ccc(C(N)C2CC2c2ccccc2)cc1C. The Balaban J connectivity index is 1.75. The van der Waals surface area contributed by atoms with Crippen molar-refractivity contribution in [2.24, 2.45) is 11.7 Å². The van der Waals surface area contributed by atoms with Crippen LogP contribution in [0.25, 0.3) is 0 Å². The van der Waals surface area contributed by atoms with Gasteiger partial charge in [-0.2, -0.15) is 0 Å². The normalized spacial score (nSPS) is 22.4. The third kappa shape index (κ3) is 2.44. The zero-order valence-electron chi connectivity index (χ0n) is 12.0. The van der Waals surface area contributed by atoms with Gasteiger partial charge in [-0.15, -0.1) is 0 Å². The molecule has 2 aromatic carbocycles. The van der Waals surface area contributed by atoms with Crippen molar-refractivity contribution in [3.63, 3.8) is 0 Å². The van der Waals surface area contributed by atoms with E-state index in [9.17, 15) is 0 Å². The van der Waals surface area contributed by atoms with Crippen molar-refractivity contribution >= 4 is 0 Å². The molecule has 0 bridgehead atoms. The first-order chi connectivity index (χ1) is 9.70. The third-order valence-electron chi connectivity index (χ3n) is 4.33. The van der Waals surface area contributed by atoms with Crippen LogP contribution in [0.5, 0.6) is 5.75 Å². The van der Waals surface area contributed by atoms with E-state index in [0.29, 0.717) is 11.8 Å². The maximum absolute atomic E-state index is 6.45. The molecule has 104 valence electrons. The van der Waals surface area contributed by atoms with E-state index in [2.05, 4.69) is 49.4 Å². The summed E-state index contributed by atoms with van der Waals surface area (Å²) in [4.78, 5) is 0. The number of methoxy groups -OCH3 is 1. The van der Waals surface area contributed by atoms with Crippen molar-refractivity contribution in [2.45, 2.75) is 25.3 Å². The van der Waals surface area contributed by atoms with Crippen LogP contribution in [0.1, 0.15) is 35.1 Å². The number of hydrogen-bond donors (Lipinski definition) is 1. The predicted molar refractivity (Wildman–Crippen MR) is 81.9 cm³/mol. The van der Waals surface area contributed by atoms with Crippen LogP contribution in [0.4, 0.5) is 0 Å². The molecule has 0 saturated heterocycles. The van der Waals surface area contributed by atoms with E-state index in [1.807, 2.05) is 6.07 Å². The Morgan fingerprint density at radius 1 is 1.15 bits per heavy atom. The van der Waals surface area contributed by atoms with Crippen LogP contribution < -0.4 is 10.5 Å². The summed E-state index contributed by atoms with van der Waals surface area (Å²) in [6.45, 7) is 2.07. The molecular formula is C18H21NO. The highest BCUT2D eigenvalue weighted by atomic mass is 16.5. The molecule has 3 unspecified atom stereocenters. The van der Waals surface area contributed by atoms with Gasteiger partial charge < -0.3 is 10.5 Å². The summed E-state index contributed by atoms with van der Waals surface area (Å²) >= 11 is 0. The summed E-state index contributed by atoms with van der Waals surface area (Å²) in [5, 5.41) is 0. The Bertz CT molecular complexity index is 594. The van der Waals surface area contributed by atoms with E-state index in [1.54, 1.807) is 7.11 Å². The molecule has 0 heterocycles. The summed E-state index contributed by atoms with van der Waals surface area (Å²) < 4.78 is 5.31. The molecular weight excluding hydrogens is 246 g/mol. The monoisotopic (exact) mass is 267 g/mol. The van der Waals surface area contributed by atoms with Gasteiger partial charge in [-0.05, 0) is 47.9 Å². The largest absolute Gasteiger partial charge is 0.496 e. The second-order valence-corrected chi connectivity index (χ2v) is 5.67. The Morgan fingerprint density at radius 3 is 2.55 bits per heavy atom. The van der Waals surface area contributed by atoms with Crippen LogP contribution in [-0.4, -0.2) is 7.11 Å². The summed E-state index contributed by atoms with van der Waals surface area (Å²) in [7, 11) is 1.70. The van der Waals surface area contributed by atoms with E-state index in [4.69, 9.17) is 10.5 Å². The molecule has 0 radical (unpaired) electrons. The van der Waals surface area contributed by atoms with Gasteiger partial charge in [0.1, 0.15) is 5.75 Å². The quantitative estimate of drug-likeness (QED) is 0.914. The predicted octanol–water partition coefficient (Wildman–Crippen LogP) is 3.81. The first kappa shape index (κ1) is 13.2. The van der Waals surface area contributed by atoms with Crippen molar-refractivity contribution in [1.82, 2.24) is 0 Å². The van der Waals surface area contributed by atoms with Crippen LogP contribution in [0, 0.1) is 12.8 Å². The number of rotatable bonds is 4. The Morgan fingerprint density at radius 2 is 1.90 bits per heavy atom. The van der Waals surface area contributed by atoms with Gasteiger partial charge in [0, 0.05) is 6.04 Å². The molecule has 1 fully saturated rings. The smallest absolute Gasteiger partial charge is 0.121 e. The Labute approximate surface area is 120 Å². The molecule has 1 aliphatic carbocycles. The van der Waals surface area contributed by atoms with Crippen molar-refractivity contribution in [3.05, 3.63) is 65.2 Å². The van der Waals surface area contributed by atoms with Gasteiger partial charge in [0.15, 0.2) is 0 Å². The summed E-state index contributed by atoms with van der Waals surface area (Å²) in [5.74, 6) is 2.11. The van der Waals surface area contributed by atoms with Gasteiger partial charge in [-0.1, -0.05) is 42.5 Å². The number of aryl methyl sites for hydroxylation is 1. The van der Waals surface area contributed by atoms with Gasteiger partial charge >= 0.3 is 0 Å². The Hall–Kier alpha value is -1.80. The second kappa shape index (κ2) is 5.29. The molecule has 1 aliphatic rings. The molecule has 0 amide bonds. The minimum Gasteiger partial charge on any atom is -0.496 e. The maximum atomic E-state index is 6.45. The van der Waals surface area contributed by atoms with Crippen LogP contribution in [0.3, 0.4) is 0 Å². The number of ether oxygens (including phenoxy) is 1. The fourth-order valence-corrected chi connectivity index (χ4v) is 3.05. The van der Waals surface area contributed by atoms with Crippen LogP contribution in [0.15, 0.2) is 48.5 Å². The summed E-state index contributed by atoms with van der Waals surface area (Å²) in [6, 6.07) is 17.1. The molecule has 2 N–H and O–H groups in total. The number of hydrogen-bond acceptors (Lipinski definition) is 2. The van der Waals surface area contributed by atoms with E-state index >= 15 is 0 Å². The molecule has 2 nitrogen and oxygen atoms in total. The van der Waals surface area contributed by atoms with Gasteiger partial charge in [0.25, 0.3) is 0 Å². The lowest BCUT2D eigenvalue weighted by Gasteiger charge is -2.14. The van der Waals surface area contributed by atoms with E-state index in [-0.39, 0.29) is 6.04 Å². The lowest BCUT2D eigenvalue weighted by Crippen LogP contribution is -2.13. The molecule has 0 aliphatic heterocycles. The number of benzene rings is 2. The lowest BCUT2D eigenvalue weighted by atomic mass is 9.98. The topological polar surface area (TPSA) is 35.2 Å². The molecule has 0 aromatic heterocycles. The average molecular weight is 267 g/mol. The standard InChI is InChI=1S/C18H21NO/c1-12-10-14(8-9-17(12)20-2)18(19)16-11-15(16)13-6-4-3-5-7-13/h3-10,15-16,18H,11,19H2,1-2H3. The molecule has 0 spiro atoms. The lowest BCUT2D eigenvalue weighted by molar-refractivity contribution is 0.411. The third-order valence-corrected chi connectivity index (χ3v) is 4.33. The zero-order chi connectivity index (χ0) is 14.1. The van der Waals surface area contributed by atoms with Crippen molar-refractivity contribution in [3.8, 4) is 5.75 Å². The zero-order valence-corrected chi connectivity index (χ0v) is 12.0. The number of nitrogens with two attached hydrogens (primary N) is 1. The van der Waals surface area contributed by atoms with Crippen LogP contribution >= 0.6 is 0 Å². The minimum absolute atomic E-state index is 0.116. The van der Waals surface area contributed by atoms with Crippen molar-refractivity contribution in [2.75, 3.05) is 7.11 Å². The maximum Gasteiger partial charge on any atom is 0.121 e. The van der Waals surface area contributed by atoms with Gasteiger partial charge in [0.2, 0.25) is 0 Å². The fraction of sp³-hybridized carbons (Fsp3) is 0.333. The van der Waals surface area contributed by atoms with E-state index in [1.165, 1.54) is 17.5 Å². The highest BCUT2D eigenvalue weighted by Gasteiger charge is 2.42. The van der Waals surface area contributed by atoms with Crippen molar-refractivity contribution < 1.29 is 4.74 Å². The van der Waals surface area contributed by atoms with Crippen LogP contribution in [0.2, 0.25) is 0 Å². The average Bonchev–Trinajstić information content (AvgIpc) is 3.28. The minimum atomic E-state index is 0.116. The molecule has 2 heteroatoms. The van der Waals surface area contributed by atoms with Gasteiger partial charge in [-0.3, -0.25) is 0 Å². The van der Waals surface area contributed by atoms with E-state index in [0.717, 1.165) is 11.3 Å². The fourth-order valence-electron chi connectivity index (χ4n) is 3.05. The van der Waals surface area contributed by atoms with Gasteiger partial charge in [0.05, 0.1) is 7.11 Å². The molecule has 3 atom stereocenters. The highest BCUT2D eigenvalue weighted by molar-refractivity contribution is 5.39. The van der Waals surface area contributed by atoms with Gasteiger partial charge in [-0.25, -0.2) is 0 Å². The molecule has 2 aromatic rings. The second-order valence-electron chi connectivity index (χ2n) is 5.67. The van der Waals surface area contributed by atoms with Crippen molar-refractivity contribution in [1.29, 1.82) is 0 Å². The summed E-state index contributed by atoms with van der Waals surface area (Å²) in [5.41, 5.74) is 10.2.